The summed E-state index contributed by atoms with van der Waals surface area (Å²) in [7, 11) is 0. The Balaban J connectivity index is 2.25. The van der Waals surface area contributed by atoms with E-state index in [2.05, 4.69) is 0 Å². The van der Waals surface area contributed by atoms with Crippen LogP contribution in [0, 0.1) is 10.1 Å². The van der Waals surface area contributed by atoms with Crippen molar-refractivity contribution >= 4 is 40.5 Å². The fourth-order valence-corrected chi connectivity index (χ4v) is 2.49. The zero-order valence-corrected chi connectivity index (χ0v) is 12.5. The largest absolute Gasteiger partial charge is 0.272 e. The molecule has 0 aliphatic carbocycles. The summed E-state index contributed by atoms with van der Waals surface area (Å²) in [4.78, 5) is 10.6. The van der Waals surface area contributed by atoms with Gasteiger partial charge in [-0.2, -0.15) is 0 Å². The van der Waals surface area contributed by atoms with E-state index in [0.29, 0.717) is 22.0 Å². The van der Waals surface area contributed by atoms with Gasteiger partial charge in [-0.15, -0.1) is 11.6 Å². The lowest BCUT2D eigenvalue weighted by Crippen LogP contribution is -2.00. The Morgan fingerprint density at radius 3 is 2.45 bits per heavy atom. The Hall–Kier alpha value is -1.29. The second kappa shape index (κ2) is 6.44. The van der Waals surface area contributed by atoms with Crippen LogP contribution in [-0.2, 0) is 6.42 Å². The molecule has 6 heteroatoms. The lowest BCUT2D eigenvalue weighted by molar-refractivity contribution is -0.385. The second-order valence-corrected chi connectivity index (χ2v) is 5.57. The molecule has 0 aliphatic heterocycles. The first-order chi connectivity index (χ1) is 9.49. The molecule has 0 saturated heterocycles. The van der Waals surface area contributed by atoms with Gasteiger partial charge < -0.3 is 0 Å². The van der Waals surface area contributed by atoms with Crippen molar-refractivity contribution in [3.63, 3.8) is 0 Å². The molecule has 2 aromatic carbocycles. The third-order valence-electron chi connectivity index (χ3n) is 2.89. The lowest BCUT2D eigenvalue weighted by Gasteiger charge is -2.11. The Kier molecular flexibility index (Phi) is 4.86. The highest BCUT2D eigenvalue weighted by Gasteiger charge is 2.17. The average molecular weight is 331 g/mol. The van der Waals surface area contributed by atoms with E-state index < -0.39 is 10.3 Å². The summed E-state index contributed by atoms with van der Waals surface area (Å²) >= 11 is 18.1. The van der Waals surface area contributed by atoms with E-state index in [1.165, 1.54) is 6.07 Å². The highest BCUT2D eigenvalue weighted by atomic mass is 35.5. The van der Waals surface area contributed by atoms with Crippen molar-refractivity contribution in [3.8, 4) is 0 Å². The smallest absolute Gasteiger partial charge is 0.258 e. The first-order valence-electron chi connectivity index (χ1n) is 5.80. The third-order valence-corrected chi connectivity index (χ3v) is 4.04. The molecule has 0 radical (unpaired) electrons. The van der Waals surface area contributed by atoms with Crippen LogP contribution in [-0.4, -0.2) is 4.92 Å². The number of nitro groups is 1. The van der Waals surface area contributed by atoms with Crippen LogP contribution in [0.3, 0.4) is 0 Å². The van der Waals surface area contributed by atoms with Crippen molar-refractivity contribution in [2.24, 2.45) is 0 Å². The zero-order chi connectivity index (χ0) is 14.7. The predicted octanol–water partition coefficient (Wildman–Crippen LogP) is 5.42. The van der Waals surface area contributed by atoms with Gasteiger partial charge in [0.1, 0.15) is 0 Å². The van der Waals surface area contributed by atoms with E-state index in [1.54, 1.807) is 36.4 Å². The van der Waals surface area contributed by atoms with Crippen LogP contribution < -0.4 is 0 Å². The highest BCUT2D eigenvalue weighted by molar-refractivity contribution is 6.42. The van der Waals surface area contributed by atoms with E-state index >= 15 is 0 Å². The van der Waals surface area contributed by atoms with Crippen LogP contribution in [0.25, 0.3) is 0 Å². The Labute approximate surface area is 131 Å². The third kappa shape index (κ3) is 3.42. The summed E-state index contributed by atoms with van der Waals surface area (Å²) in [5.74, 6) is 0. The van der Waals surface area contributed by atoms with Gasteiger partial charge in [0.25, 0.3) is 5.69 Å². The van der Waals surface area contributed by atoms with Crippen LogP contribution >= 0.6 is 34.8 Å². The number of rotatable bonds is 4. The number of para-hydroxylation sites is 1. The van der Waals surface area contributed by atoms with E-state index in [-0.39, 0.29) is 5.69 Å². The van der Waals surface area contributed by atoms with Crippen molar-refractivity contribution < 1.29 is 4.92 Å². The van der Waals surface area contributed by atoms with E-state index in [1.807, 2.05) is 0 Å². The normalized spacial score (nSPS) is 12.2. The van der Waals surface area contributed by atoms with Crippen molar-refractivity contribution in [1.29, 1.82) is 0 Å². The maximum atomic E-state index is 11.0. The quantitative estimate of drug-likeness (QED) is 0.426. The molecule has 0 heterocycles. The van der Waals surface area contributed by atoms with Crippen LogP contribution in [0.1, 0.15) is 16.5 Å². The van der Waals surface area contributed by atoms with Gasteiger partial charge in [-0.25, -0.2) is 0 Å². The summed E-state index contributed by atoms with van der Waals surface area (Å²) in [6.07, 6.45) is 0.344. The van der Waals surface area contributed by atoms with Gasteiger partial charge in [0.15, 0.2) is 0 Å². The number of nitrogens with zero attached hydrogens (tertiary/aromatic N) is 1. The molecule has 0 N–H and O–H groups in total. The molecule has 2 aromatic rings. The van der Waals surface area contributed by atoms with Crippen LogP contribution in [0.2, 0.25) is 10.0 Å². The topological polar surface area (TPSA) is 43.1 Å². The van der Waals surface area contributed by atoms with Crippen molar-refractivity contribution in [2.75, 3.05) is 0 Å². The minimum atomic E-state index is -0.411. The minimum Gasteiger partial charge on any atom is -0.258 e. The van der Waals surface area contributed by atoms with Gasteiger partial charge in [-0.05, 0) is 24.1 Å². The van der Waals surface area contributed by atoms with Crippen LogP contribution in [0.4, 0.5) is 5.69 Å². The van der Waals surface area contributed by atoms with E-state index in [4.69, 9.17) is 34.8 Å². The Morgan fingerprint density at radius 1 is 1.10 bits per heavy atom. The maximum absolute atomic E-state index is 11.0. The number of hydrogen-bond donors (Lipinski definition) is 0. The van der Waals surface area contributed by atoms with Crippen LogP contribution in [0.15, 0.2) is 42.5 Å². The summed E-state index contributed by atoms with van der Waals surface area (Å²) in [5, 5.41) is 11.4. The molecular weight excluding hydrogens is 321 g/mol. The molecule has 2 rings (SSSR count). The van der Waals surface area contributed by atoms with Gasteiger partial charge in [0.05, 0.1) is 20.3 Å². The summed E-state index contributed by atoms with van der Waals surface area (Å²) in [6, 6.07) is 11.6. The molecule has 1 atom stereocenters. The first kappa shape index (κ1) is 15.1. The number of alkyl halides is 1. The van der Waals surface area contributed by atoms with Crippen molar-refractivity contribution in [3.05, 3.63) is 73.8 Å². The standard InChI is InChI=1S/C14H10Cl3NO2/c15-11-6-5-9(7-13(11)17)12(16)8-10-3-1-2-4-14(10)18(19)20/h1-7,12H,8H2. The fraction of sp³-hybridized carbons (Fsp3) is 0.143. The lowest BCUT2D eigenvalue weighted by atomic mass is 10.0. The molecule has 3 nitrogen and oxygen atoms in total. The van der Waals surface area contributed by atoms with Gasteiger partial charge in [-0.3, -0.25) is 10.1 Å². The highest BCUT2D eigenvalue weighted by Crippen LogP contribution is 2.32. The number of benzene rings is 2. The summed E-state index contributed by atoms with van der Waals surface area (Å²) in [5.41, 5.74) is 1.43. The molecular formula is C14H10Cl3NO2. The summed E-state index contributed by atoms with van der Waals surface area (Å²) in [6.45, 7) is 0. The molecule has 0 saturated carbocycles. The molecule has 0 spiro atoms. The summed E-state index contributed by atoms with van der Waals surface area (Å²) < 4.78 is 0. The first-order valence-corrected chi connectivity index (χ1v) is 6.99. The SMILES string of the molecule is O=[N+]([O-])c1ccccc1CC(Cl)c1ccc(Cl)c(Cl)c1. The van der Waals surface area contributed by atoms with E-state index in [9.17, 15) is 10.1 Å². The van der Waals surface area contributed by atoms with Crippen molar-refractivity contribution in [1.82, 2.24) is 0 Å². The van der Waals surface area contributed by atoms with Gasteiger partial charge in [0.2, 0.25) is 0 Å². The van der Waals surface area contributed by atoms with Gasteiger partial charge >= 0.3 is 0 Å². The molecule has 0 fully saturated rings. The Bertz CT molecular complexity index is 646. The van der Waals surface area contributed by atoms with Gasteiger partial charge in [-0.1, -0.05) is 47.5 Å². The molecule has 20 heavy (non-hydrogen) atoms. The monoisotopic (exact) mass is 329 g/mol. The number of hydrogen-bond acceptors (Lipinski definition) is 2. The van der Waals surface area contributed by atoms with E-state index in [0.717, 1.165) is 5.56 Å². The van der Waals surface area contributed by atoms with Gasteiger partial charge in [0, 0.05) is 11.6 Å². The molecule has 1 unspecified atom stereocenters. The second-order valence-electron chi connectivity index (χ2n) is 4.23. The predicted molar refractivity (Wildman–Crippen MR) is 81.9 cm³/mol. The number of nitro benzene ring substituents is 1. The molecule has 0 bridgehead atoms. The molecule has 104 valence electrons. The number of halogens is 3. The minimum absolute atomic E-state index is 0.0678. The molecule has 0 amide bonds. The van der Waals surface area contributed by atoms with Crippen LogP contribution in [0.5, 0.6) is 0 Å². The fourth-order valence-electron chi connectivity index (χ4n) is 1.88. The maximum Gasteiger partial charge on any atom is 0.272 e. The molecule has 0 aliphatic rings. The zero-order valence-electron chi connectivity index (χ0n) is 10.2. The Morgan fingerprint density at radius 2 is 1.80 bits per heavy atom. The van der Waals surface area contributed by atoms with Crippen molar-refractivity contribution in [2.45, 2.75) is 11.8 Å². The average Bonchev–Trinajstić information content (AvgIpc) is 2.42. The molecule has 0 aromatic heterocycles.